The Bertz CT molecular complexity index is 87.2. The molecule has 2 N–H and O–H groups in total. The van der Waals surface area contributed by atoms with E-state index in [1.54, 1.807) is 0 Å². The van der Waals surface area contributed by atoms with Gasteiger partial charge >= 0.3 is 69.7 Å². The molecule has 0 radical (unpaired) electrons. The van der Waals surface area contributed by atoms with Gasteiger partial charge in [0.05, 0.1) is 0 Å². The van der Waals surface area contributed by atoms with Gasteiger partial charge in [-0.2, -0.15) is 0 Å². The van der Waals surface area contributed by atoms with E-state index < -0.39 is 53.4 Å². The second-order valence-electron chi connectivity index (χ2n) is 0.209. The summed E-state index contributed by atoms with van der Waals surface area (Å²) in [5.41, 5.74) is 0. The molecule has 0 fully saturated rings. The summed E-state index contributed by atoms with van der Waals surface area (Å²) in [6.45, 7) is 0. The molecule has 0 rings (SSSR count). The molecule has 0 saturated heterocycles. The van der Waals surface area contributed by atoms with Crippen molar-refractivity contribution in [3.05, 3.63) is 0 Å². The zero-order chi connectivity index (χ0) is 6.83. The van der Waals surface area contributed by atoms with E-state index in [2.05, 4.69) is 2.39 Å². The van der Waals surface area contributed by atoms with Gasteiger partial charge in [-0.15, -0.1) is 0 Å². The van der Waals surface area contributed by atoms with Crippen LogP contribution in [0.25, 0.3) is 0 Å². The zero-order valence-electron chi connectivity index (χ0n) is 3.52. The maximum absolute atomic E-state index is 9.20. The van der Waals surface area contributed by atoms with Crippen LogP contribution in [0.3, 0.4) is 0 Å². The van der Waals surface area contributed by atoms with E-state index in [9.17, 15) is 7.15 Å². The summed E-state index contributed by atoms with van der Waals surface area (Å²) in [6.07, 6.45) is 0. The molecule has 66 valence electrons. The van der Waals surface area contributed by atoms with Gasteiger partial charge in [0.2, 0.25) is 0 Å². The fourth-order valence-corrected chi connectivity index (χ4v) is 0.265. The minimum atomic E-state index is -1.92. The molecule has 9 heteroatoms. The Morgan fingerprint density at radius 1 is 1.11 bits per heavy atom. The number of rotatable bonds is 2. The van der Waals surface area contributed by atoms with Crippen molar-refractivity contribution in [3.63, 3.8) is 0 Å². The minimum absolute atomic E-state index is 0. The van der Waals surface area contributed by atoms with Gasteiger partial charge in [-0.1, -0.05) is 0 Å². The molecule has 0 aliphatic carbocycles. The molecular weight excluding hydrogens is 497 g/mol. The van der Waals surface area contributed by atoms with Gasteiger partial charge in [-0.3, -0.25) is 0 Å². The molecular formula is H2O6PtRh2. The second-order valence-corrected chi connectivity index (χ2v) is 2.68. The quantitative estimate of drug-likeness (QED) is 0.436. The normalized spacial score (nSPS) is 7.56. The van der Waals surface area contributed by atoms with E-state index in [4.69, 9.17) is 6.80 Å². The van der Waals surface area contributed by atoms with E-state index in [0.29, 0.717) is 0 Å². The Hall–Kier alpha value is 1.06. The average Bonchev–Trinajstić information content (AvgIpc) is 1.71. The topological polar surface area (TPSA) is 109 Å². The molecule has 0 aliphatic rings. The van der Waals surface area contributed by atoms with Crippen molar-refractivity contribution in [3.8, 4) is 0 Å². The average molecular weight is 499 g/mol. The standard InChI is InChI=1S/H2O.5O.Pt.2Rh/h1H2;;;;;;;;. The predicted molar refractivity (Wildman–Crippen MR) is 7.44 cm³/mol. The first-order valence-electron chi connectivity index (χ1n) is 0.803. The van der Waals surface area contributed by atoms with Crippen molar-refractivity contribution < 1.29 is 75.2 Å². The first-order chi connectivity index (χ1) is 3.83. The number of hydrogen-bond acceptors (Lipinski definition) is 5. The van der Waals surface area contributed by atoms with Crippen LogP contribution in [0.15, 0.2) is 0 Å². The van der Waals surface area contributed by atoms with Gasteiger partial charge in [0.25, 0.3) is 0 Å². The van der Waals surface area contributed by atoms with Crippen LogP contribution in [-0.4, -0.2) is 5.48 Å². The Labute approximate surface area is 74.7 Å². The molecule has 0 aliphatic heterocycles. The monoisotopic (exact) mass is 499 g/mol. The molecule has 0 atom stereocenters. The first kappa shape index (κ1) is 16.6. The van der Waals surface area contributed by atoms with Crippen LogP contribution < -0.4 is 0 Å². The summed E-state index contributed by atoms with van der Waals surface area (Å²) < 4.78 is 39.2. The Morgan fingerprint density at radius 2 is 1.33 bits per heavy atom. The van der Waals surface area contributed by atoms with E-state index in [1.807, 2.05) is 0 Å². The molecule has 0 aromatic rings. The van der Waals surface area contributed by atoms with Gasteiger partial charge in [0.1, 0.15) is 0 Å². The van der Waals surface area contributed by atoms with Gasteiger partial charge in [0, 0.05) is 0 Å². The number of hydrogen-bond donors (Lipinski definition) is 0. The van der Waals surface area contributed by atoms with Crippen LogP contribution in [0.4, 0.5) is 0 Å². The Kier molecular flexibility index (Phi) is 42.3. The molecule has 0 spiro atoms. The van der Waals surface area contributed by atoms with Crippen molar-refractivity contribution in [2.24, 2.45) is 0 Å². The van der Waals surface area contributed by atoms with Gasteiger partial charge < -0.3 is 5.48 Å². The summed E-state index contributed by atoms with van der Waals surface area (Å²) in [5.74, 6) is 0. The molecule has 0 amide bonds. The SMILES string of the molecule is O.[O]=[Pt]=[O].[O]=[Rh][O][Rh]=[O]. The van der Waals surface area contributed by atoms with Crippen LogP contribution in [0.1, 0.15) is 0 Å². The molecule has 0 bridgehead atoms. The molecule has 0 unspecified atom stereocenters. The van der Waals surface area contributed by atoms with Crippen LogP contribution in [-0.2, 0) is 69.7 Å². The molecule has 0 saturated carbocycles. The van der Waals surface area contributed by atoms with Crippen LogP contribution in [0, 0.1) is 0 Å². The van der Waals surface area contributed by atoms with E-state index in [-0.39, 0.29) is 5.48 Å². The van der Waals surface area contributed by atoms with Gasteiger partial charge in [-0.05, 0) is 0 Å². The summed E-state index contributed by atoms with van der Waals surface area (Å²) in [6, 6.07) is 0. The fraction of sp³-hybridized carbons (Fsp3) is 0. The molecule has 0 aromatic heterocycles. The Balaban J connectivity index is -0.0000000800. The van der Waals surface area contributed by atoms with Crippen LogP contribution in [0.2, 0.25) is 0 Å². The third-order valence-corrected chi connectivity index (χ3v) is 1.30. The third-order valence-electron chi connectivity index (χ3n) is 0.0370. The first-order valence-corrected chi connectivity index (χ1v) is 5.33. The van der Waals surface area contributed by atoms with E-state index >= 15 is 0 Å². The third kappa shape index (κ3) is 48.3. The van der Waals surface area contributed by atoms with Crippen LogP contribution >= 0.6 is 0 Å². The van der Waals surface area contributed by atoms with Gasteiger partial charge in [0.15, 0.2) is 0 Å². The van der Waals surface area contributed by atoms with E-state index in [0.717, 1.165) is 0 Å². The predicted octanol–water partition coefficient (Wildman–Crippen LogP) is -1.38. The van der Waals surface area contributed by atoms with Crippen molar-refractivity contribution in [2.45, 2.75) is 0 Å². The van der Waals surface area contributed by atoms with Crippen molar-refractivity contribution >= 4 is 0 Å². The van der Waals surface area contributed by atoms with Crippen molar-refractivity contribution in [1.29, 1.82) is 0 Å². The van der Waals surface area contributed by atoms with Crippen molar-refractivity contribution in [2.75, 3.05) is 0 Å². The van der Waals surface area contributed by atoms with Crippen LogP contribution in [0.5, 0.6) is 0 Å². The molecule has 0 aromatic carbocycles. The summed E-state index contributed by atoms with van der Waals surface area (Å²) in [5, 5.41) is 0. The maximum atomic E-state index is 9.20. The summed E-state index contributed by atoms with van der Waals surface area (Å²) in [4.78, 5) is 0. The Morgan fingerprint density at radius 3 is 1.33 bits per heavy atom. The zero-order valence-corrected chi connectivity index (χ0v) is 9.07. The summed E-state index contributed by atoms with van der Waals surface area (Å²) in [7, 11) is 0. The summed E-state index contributed by atoms with van der Waals surface area (Å²) >= 11 is -4.23. The molecule has 6 nitrogen and oxygen atoms in total. The second kappa shape index (κ2) is 23.0. The molecule has 9 heavy (non-hydrogen) atoms. The van der Waals surface area contributed by atoms with Crippen molar-refractivity contribution in [1.82, 2.24) is 0 Å². The van der Waals surface area contributed by atoms with Gasteiger partial charge in [-0.25, -0.2) is 0 Å². The molecule has 0 heterocycles. The fourth-order valence-electron chi connectivity index (χ4n) is 0.00756. The van der Waals surface area contributed by atoms with E-state index in [1.165, 1.54) is 0 Å².